The molecule has 0 aromatic carbocycles. The Morgan fingerprint density at radius 3 is 0.900 bits per heavy atom. The van der Waals surface area contributed by atoms with Crippen LogP contribution in [0.3, 0.4) is 0 Å². The van der Waals surface area contributed by atoms with Crippen molar-refractivity contribution in [3.05, 3.63) is 0 Å². The van der Waals surface area contributed by atoms with Gasteiger partial charge < -0.3 is 16.4 Å². The van der Waals surface area contributed by atoms with Gasteiger partial charge in [-0.1, -0.05) is 0 Å². The molecule has 0 saturated carbocycles. The molecule has 0 aromatic rings. The van der Waals surface area contributed by atoms with Crippen molar-refractivity contribution in [1.29, 1.82) is 0 Å². The zero-order chi connectivity index (χ0) is 4.50. The van der Waals surface area contributed by atoms with Gasteiger partial charge in [0.2, 0.25) is 0 Å². The van der Waals surface area contributed by atoms with Crippen LogP contribution in [0.5, 0.6) is 0 Å². The predicted octanol–water partition coefficient (Wildman–Crippen LogP) is -4.56. The fraction of sp³-hybridized carbons (Fsp3) is 0. The maximum absolute atomic E-state index is 8.74. The Morgan fingerprint density at radius 2 is 0.900 bits per heavy atom. The van der Waals surface area contributed by atoms with Crippen molar-refractivity contribution in [3.63, 3.8) is 0 Å². The van der Waals surface area contributed by atoms with Crippen LogP contribution in [0.25, 0.3) is 0 Å². The molecule has 0 amide bonds. The molecule has 0 heterocycles. The molecule has 0 aliphatic carbocycles. The maximum atomic E-state index is 8.74. The minimum atomic E-state index is -4.67. The van der Waals surface area contributed by atoms with Gasteiger partial charge in [-0.25, -0.2) is 0 Å². The molecule has 0 fully saturated rings. The number of rotatable bonds is 0. The van der Waals surface area contributed by atoms with E-state index in [0.29, 0.717) is 0 Å². The van der Waals surface area contributed by atoms with Crippen LogP contribution >= 0.6 is 0 Å². The Morgan fingerprint density at radius 1 is 0.900 bits per heavy atom. The van der Waals surface area contributed by atoms with E-state index in [2.05, 4.69) is 0 Å². The third kappa shape index (κ3) is 260. The van der Waals surface area contributed by atoms with Crippen molar-refractivity contribution in [2.24, 2.45) is 0 Å². The molecule has 7 nitrogen and oxygen atoms in total. The molecule has 0 atom stereocenters. The van der Waals surface area contributed by atoms with E-state index in [1.807, 2.05) is 0 Å². The molecule has 58 valence electrons. The van der Waals surface area contributed by atoms with E-state index in [1.54, 1.807) is 0 Å². The summed E-state index contributed by atoms with van der Waals surface area (Å²) in [7, 11) is -4.67. The molecule has 5 N–H and O–H groups in total. The van der Waals surface area contributed by atoms with Crippen LogP contribution in [0.2, 0.25) is 0 Å². The largest absolute Gasteiger partial charge is 2.00 e. The standard InChI is InChI=1S/Na.H2O4S.3H2O.Pb/c;1-5(2,3)4;;;;/h;(H2,1,2,3,4);3*1H2;/q+1;;;;;+2/p-3. The molecule has 0 rings (SSSR count). The summed E-state index contributed by atoms with van der Waals surface area (Å²) in [6.45, 7) is 0. The summed E-state index contributed by atoms with van der Waals surface area (Å²) in [4.78, 5) is 0. The third-order valence-corrected chi connectivity index (χ3v) is 0. The van der Waals surface area contributed by atoms with Gasteiger partial charge in [0.15, 0.2) is 0 Å². The molecule has 0 aliphatic rings. The molecular formula is H5NaO7PbS. The van der Waals surface area contributed by atoms with Crippen LogP contribution in [-0.4, -0.2) is 61.3 Å². The van der Waals surface area contributed by atoms with Gasteiger partial charge in [0.25, 0.3) is 0 Å². The maximum Gasteiger partial charge on any atom is 2.00 e. The topological polar surface area (TPSA) is 165 Å². The van der Waals surface area contributed by atoms with Gasteiger partial charge in [0, 0.05) is 0 Å². The minimum Gasteiger partial charge on any atom is -0.870 e. The first-order chi connectivity index (χ1) is 2.00. The first-order valence-electron chi connectivity index (χ1n) is 0.698. The van der Waals surface area contributed by atoms with Gasteiger partial charge in [-0.2, -0.15) is 8.42 Å². The molecule has 0 saturated heterocycles. The summed E-state index contributed by atoms with van der Waals surface area (Å²) in [6, 6.07) is 0. The van der Waals surface area contributed by atoms with E-state index >= 15 is 0 Å². The summed E-state index contributed by atoms with van der Waals surface area (Å²) < 4.78 is 31.6. The second kappa shape index (κ2) is 17.0. The molecule has 0 bridgehead atoms. The Hall–Kier alpha value is 1.67. The van der Waals surface area contributed by atoms with E-state index < -0.39 is 10.4 Å². The average Bonchev–Trinajstić information content (AvgIpc) is 0.722. The van der Waals surface area contributed by atoms with Gasteiger partial charge in [-0.15, -0.1) is 0 Å². The summed E-state index contributed by atoms with van der Waals surface area (Å²) in [5.41, 5.74) is 0. The van der Waals surface area contributed by atoms with E-state index in [0.717, 1.165) is 0 Å². The Bertz CT molecular complexity index is 96.8. The Kier molecular flexibility index (Phi) is 70.1. The summed E-state index contributed by atoms with van der Waals surface area (Å²) >= 11 is 0. The van der Waals surface area contributed by atoms with Crippen molar-refractivity contribution in [3.8, 4) is 0 Å². The van der Waals surface area contributed by atoms with E-state index in [-0.39, 0.29) is 73.3 Å². The quantitative estimate of drug-likeness (QED) is 0.316. The monoisotopic (exact) mass is 380 g/mol. The average molecular weight is 379 g/mol. The fourth-order valence-electron chi connectivity index (χ4n) is 0. The predicted molar refractivity (Wildman–Crippen MR) is 25.7 cm³/mol. The minimum absolute atomic E-state index is 0. The Labute approximate surface area is 100 Å². The van der Waals surface area contributed by atoms with Gasteiger partial charge in [-0.3, -0.25) is 9.11 Å². The van der Waals surface area contributed by atoms with Gasteiger partial charge in [0.05, 0.1) is 0 Å². The Balaban J connectivity index is -0.00000000800. The van der Waals surface area contributed by atoms with Gasteiger partial charge >= 0.3 is 67.3 Å². The molecule has 10 heteroatoms. The molecule has 0 unspecified atom stereocenters. The molecule has 0 aromatic heterocycles. The molecule has 0 aliphatic heterocycles. The summed E-state index contributed by atoms with van der Waals surface area (Å²) in [5, 5.41) is 0. The van der Waals surface area contributed by atoms with Crippen LogP contribution in [-0.2, 0) is 10.4 Å². The van der Waals surface area contributed by atoms with Crippen LogP contribution in [0.15, 0.2) is 0 Å². The first-order valence-corrected chi connectivity index (χ1v) is 2.10. The van der Waals surface area contributed by atoms with Crippen molar-refractivity contribution < 1.29 is 63.5 Å². The zero-order valence-electron chi connectivity index (χ0n) is 4.96. The molecule has 2 radical (unpaired) electrons. The second-order valence-electron chi connectivity index (χ2n) is 0.448. The number of hydrogen-bond donors (Lipinski definition) is 2. The van der Waals surface area contributed by atoms with Gasteiger partial charge in [0.1, 0.15) is 0 Å². The van der Waals surface area contributed by atoms with Crippen LogP contribution < -0.4 is 29.6 Å². The van der Waals surface area contributed by atoms with E-state index in [4.69, 9.17) is 17.5 Å². The smallest absolute Gasteiger partial charge is 0.870 e. The van der Waals surface area contributed by atoms with E-state index in [9.17, 15) is 0 Å². The van der Waals surface area contributed by atoms with Crippen LogP contribution in [0, 0.1) is 0 Å². The fourth-order valence-corrected chi connectivity index (χ4v) is 0. The third-order valence-electron chi connectivity index (χ3n) is 0. The number of hydrogen-bond acceptors (Lipinski definition) is 5. The van der Waals surface area contributed by atoms with Gasteiger partial charge in [-0.05, 0) is 0 Å². The van der Waals surface area contributed by atoms with Crippen molar-refractivity contribution in [2.45, 2.75) is 0 Å². The van der Waals surface area contributed by atoms with Crippen LogP contribution in [0.4, 0.5) is 0 Å². The van der Waals surface area contributed by atoms with Crippen molar-refractivity contribution >= 4 is 37.7 Å². The van der Waals surface area contributed by atoms with Crippen molar-refractivity contribution in [1.82, 2.24) is 0 Å². The van der Waals surface area contributed by atoms with E-state index in [1.165, 1.54) is 0 Å². The summed E-state index contributed by atoms with van der Waals surface area (Å²) in [6.07, 6.45) is 0. The summed E-state index contributed by atoms with van der Waals surface area (Å²) in [5.74, 6) is 0. The molecular weight excluding hydrogens is 374 g/mol. The zero-order valence-corrected chi connectivity index (χ0v) is 11.7. The first kappa shape index (κ1) is 41.3. The SMILES string of the molecule is O=S(=O)(O)O.[Na+].[OH-].[OH-].[OH-].[Pb+2]. The molecule has 10 heavy (non-hydrogen) atoms. The second-order valence-corrected chi connectivity index (χ2v) is 1.34. The van der Waals surface area contributed by atoms with Crippen molar-refractivity contribution in [2.75, 3.05) is 0 Å². The normalized spacial score (nSPS) is 5.80. The van der Waals surface area contributed by atoms with Crippen LogP contribution in [0.1, 0.15) is 0 Å². The molecule has 0 spiro atoms.